The van der Waals surface area contributed by atoms with Crippen LogP contribution in [0.1, 0.15) is 31.1 Å². The van der Waals surface area contributed by atoms with E-state index in [2.05, 4.69) is 10.2 Å². The van der Waals surface area contributed by atoms with Crippen LogP contribution in [0.4, 0.5) is 5.69 Å². The second-order valence-electron chi connectivity index (χ2n) is 5.90. The quantitative estimate of drug-likeness (QED) is 0.372. The third-order valence-electron chi connectivity index (χ3n) is 4.03. The Morgan fingerprint density at radius 2 is 1.14 bits per heavy atom. The molecule has 138 valence electrons. The number of carboxylic acid groups (broad SMARTS) is 1. The van der Waals surface area contributed by atoms with Crippen molar-refractivity contribution < 1.29 is 19.5 Å². The van der Waals surface area contributed by atoms with Crippen molar-refractivity contribution in [2.75, 3.05) is 0 Å². The van der Waals surface area contributed by atoms with E-state index in [-0.39, 0.29) is 11.3 Å². The summed E-state index contributed by atoms with van der Waals surface area (Å²) in [5.41, 5.74) is 0.649. The number of aromatic carboxylic acids is 1. The molecule has 28 heavy (non-hydrogen) atoms. The maximum Gasteiger partial charge on any atom is 0.337 e. The van der Waals surface area contributed by atoms with Gasteiger partial charge in [0.15, 0.2) is 17.6 Å². The van der Waals surface area contributed by atoms with E-state index >= 15 is 0 Å². The van der Waals surface area contributed by atoms with Gasteiger partial charge in [-0.15, -0.1) is 0 Å². The number of carbonyl (C=O) groups excluding carboxylic acids is 2. The zero-order valence-corrected chi connectivity index (χ0v) is 14.7. The van der Waals surface area contributed by atoms with Gasteiger partial charge in [0.2, 0.25) is 0 Å². The SMILES string of the molecule is O=C(O)c1ccccc1N=NC(C(=O)c1ccccc1)C(=O)c1ccccc1. The third kappa shape index (κ3) is 4.24. The van der Waals surface area contributed by atoms with E-state index in [9.17, 15) is 19.5 Å². The number of benzene rings is 3. The van der Waals surface area contributed by atoms with Crippen molar-refractivity contribution in [2.24, 2.45) is 10.2 Å². The summed E-state index contributed by atoms with van der Waals surface area (Å²) < 4.78 is 0. The van der Waals surface area contributed by atoms with Crippen molar-refractivity contribution in [3.05, 3.63) is 102 Å². The van der Waals surface area contributed by atoms with Gasteiger partial charge >= 0.3 is 5.97 Å². The number of rotatable bonds is 7. The molecule has 3 aromatic carbocycles. The van der Waals surface area contributed by atoms with E-state index in [1.807, 2.05) is 0 Å². The first-order valence-electron chi connectivity index (χ1n) is 8.49. The van der Waals surface area contributed by atoms with Crippen molar-refractivity contribution in [3.63, 3.8) is 0 Å². The summed E-state index contributed by atoms with van der Waals surface area (Å²) >= 11 is 0. The highest BCUT2D eigenvalue weighted by Gasteiger charge is 2.28. The molecule has 0 spiro atoms. The fourth-order valence-corrected chi connectivity index (χ4v) is 2.61. The molecule has 0 aliphatic carbocycles. The molecule has 6 nitrogen and oxygen atoms in total. The van der Waals surface area contributed by atoms with Crippen LogP contribution in [0, 0.1) is 0 Å². The molecule has 0 aromatic heterocycles. The van der Waals surface area contributed by atoms with Crippen LogP contribution < -0.4 is 0 Å². The number of Topliss-reactive ketones (excluding diaryl/α,β-unsaturated/α-hetero) is 2. The van der Waals surface area contributed by atoms with Gasteiger partial charge in [-0.3, -0.25) is 9.59 Å². The van der Waals surface area contributed by atoms with E-state index in [0.29, 0.717) is 11.1 Å². The topological polar surface area (TPSA) is 96.2 Å². The molecule has 0 saturated carbocycles. The van der Waals surface area contributed by atoms with Gasteiger partial charge in [0.1, 0.15) is 0 Å². The van der Waals surface area contributed by atoms with Crippen molar-refractivity contribution >= 4 is 23.2 Å². The summed E-state index contributed by atoms with van der Waals surface area (Å²) in [4.78, 5) is 37.2. The van der Waals surface area contributed by atoms with Crippen LogP contribution in [-0.4, -0.2) is 28.7 Å². The number of azo groups is 1. The minimum absolute atomic E-state index is 0.0654. The molecule has 0 radical (unpaired) electrons. The minimum Gasteiger partial charge on any atom is -0.478 e. The van der Waals surface area contributed by atoms with Crippen molar-refractivity contribution in [3.8, 4) is 0 Å². The average molecular weight is 372 g/mol. The lowest BCUT2D eigenvalue weighted by molar-refractivity contribution is 0.0697. The molecule has 1 N–H and O–H groups in total. The standard InChI is InChI=1S/C22H16N2O4/c25-20(15-9-3-1-4-10-15)19(21(26)16-11-5-2-6-12-16)24-23-18-14-8-7-13-17(18)22(27)28/h1-14,19H,(H,27,28). The van der Waals surface area contributed by atoms with Crippen LogP contribution in [0.3, 0.4) is 0 Å². The first-order chi connectivity index (χ1) is 13.6. The van der Waals surface area contributed by atoms with Crippen molar-refractivity contribution in [2.45, 2.75) is 6.04 Å². The molecule has 0 amide bonds. The fraction of sp³-hybridized carbons (Fsp3) is 0.0455. The highest BCUT2D eigenvalue weighted by atomic mass is 16.4. The summed E-state index contributed by atoms with van der Waals surface area (Å²) in [5, 5.41) is 17.1. The van der Waals surface area contributed by atoms with E-state index in [0.717, 1.165) is 0 Å². The summed E-state index contributed by atoms with van der Waals surface area (Å²) in [6.07, 6.45) is 0. The molecule has 0 saturated heterocycles. The minimum atomic E-state index is -1.41. The molecule has 0 unspecified atom stereocenters. The van der Waals surface area contributed by atoms with Gasteiger partial charge in [-0.25, -0.2) is 4.79 Å². The maximum atomic E-state index is 12.9. The van der Waals surface area contributed by atoms with Gasteiger partial charge in [-0.1, -0.05) is 72.8 Å². The van der Waals surface area contributed by atoms with Gasteiger partial charge in [0.25, 0.3) is 0 Å². The average Bonchev–Trinajstić information content (AvgIpc) is 2.75. The highest BCUT2D eigenvalue weighted by Crippen LogP contribution is 2.21. The maximum absolute atomic E-state index is 12.9. The Labute approximate surface area is 161 Å². The lowest BCUT2D eigenvalue weighted by Crippen LogP contribution is -2.28. The van der Waals surface area contributed by atoms with Gasteiger partial charge in [0.05, 0.1) is 11.3 Å². The number of nitrogens with zero attached hydrogens (tertiary/aromatic N) is 2. The molecule has 0 heterocycles. The van der Waals surface area contributed by atoms with E-state index < -0.39 is 23.6 Å². The summed E-state index contributed by atoms with van der Waals surface area (Å²) in [7, 11) is 0. The third-order valence-corrected chi connectivity index (χ3v) is 4.03. The summed E-state index contributed by atoms with van der Waals surface area (Å²) in [6.45, 7) is 0. The Hall–Kier alpha value is -3.93. The normalized spacial score (nSPS) is 10.9. The second kappa shape index (κ2) is 8.64. The van der Waals surface area contributed by atoms with Crippen molar-refractivity contribution in [1.82, 2.24) is 0 Å². The lowest BCUT2D eigenvalue weighted by atomic mass is 9.97. The zero-order valence-electron chi connectivity index (χ0n) is 14.7. The molecule has 0 bridgehead atoms. The van der Waals surface area contributed by atoms with Crippen LogP contribution in [0.15, 0.2) is 95.2 Å². The Morgan fingerprint density at radius 3 is 1.64 bits per heavy atom. The Balaban J connectivity index is 2.01. The Kier molecular flexibility index (Phi) is 5.81. The van der Waals surface area contributed by atoms with E-state index in [1.165, 1.54) is 12.1 Å². The molecule has 0 fully saturated rings. The zero-order chi connectivity index (χ0) is 19.9. The Morgan fingerprint density at radius 1 is 0.679 bits per heavy atom. The number of ketones is 2. The van der Waals surface area contributed by atoms with Crippen LogP contribution in [-0.2, 0) is 0 Å². The molecule has 0 aliphatic heterocycles. The smallest absolute Gasteiger partial charge is 0.337 e. The van der Waals surface area contributed by atoms with Crippen LogP contribution in [0.25, 0.3) is 0 Å². The van der Waals surface area contributed by atoms with E-state index in [4.69, 9.17) is 0 Å². The number of carbonyl (C=O) groups is 3. The summed E-state index contributed by atoms with van der Waals surface area (Å²) in [6, 6.07) is 21.2. The first-order valence-corrected chi connectivity index (χ1v) is 8.49. The predicted molar refractivity (Wildman–Crippen MR) is 103 cm³/mol. The first kappa shape index (κ1) is 18.8. The second-order valence-corrected chi connectivity index (χ2v) is 5.90. The van der Waals surface area contributed by atoms with Crippen LogP contribution >= 0.6 is 0 Å². The largest absolute Gasteiger partial charge is 0.478 e. The fourth-order valence-electron chi connectivity index (χ4n) is 2.61. The number of hydrogen-bond acceptors (Lipinski definition) is 5. The van der Waals surface area contributed by atoms with E-state index in [1.54, 1.807) is 72.8 Å². The summed E-state index contributed by atoms with van der Waals surface area (Å²) in [5.74, 6) is -2.19. The highest BCUT2D eigenvalue weighted by molar-refractivity contribution is 6.19. The molecular weight excluding hydrogens is 356 g/mol. The van der Waals surface area contributed by atoms with Crippen LogP contribution in [0.5, 0.6) is 0 Å². The van der Waals surface area contributed by atoms with Crippen LogP contribution in [0.2, 0.25) is 0 Å². The molecule has 3 rings (SSSR count). The van der Waals surface area contributed by atoms with Crippen molar-refractivity contribution in [1.29, 1.82) is 0 Å². The number of carboxylic acids is 1. The molecule has 6 heteroatoms. The molecule has 0 aliphatic rings. The van der Waals surface area contributed by atoms with Gasteiger partial charge in [0, 0.05) is 11.1 Å². The van der Waals surface area contributed by atoms with Gasteiger partial charge in [-0.05, 0) is 12.1 Å². The van der Waals surface area contributed by atoms with Gasteiger partial charge < -0.3 is 5.11 Å². The molecule has 0 atom stereocenters. The lowest BCUT2D eigenvalue weighted by Gasteiger charge is -2.10. The Bertz CT molecular complexity index is 979. The molecular formula is C22H16N2O4. The van der Waals surface area contributed by atoms with Gasteiger partial charge in [-0.2, -0.15) is 10.2 Å². The predicted octanol–water partition coefficient (Wildman–Crippen LogP) is 4.60. The number of hydrogen-bond donors (Lipinski definition) is 1. The monoisotopic (exact) mass is 372 g/mol. The molecule has 3 aromatic rings.